The molecule has 2 saturated heterocycles. The molecule has 4 aliphatic rings. The Morgan fingerprint density at radius 3 is 2.95 bits per heavy atom. The van der Waals surface area contributed by atoms with Gasteiger partial charge in [0.15, 0.2) is 0 Å². The fraction of sp³-hybridized carbons (Fsp3) is 0.750. The van der Waals surface area contributed by atoms with Crippen molar-refractivity contribution in [3.8, 4) is 0 Å². The van der Waals surface area contributed by atoms with E-state index in [0.717, 1.165) is 18.9 Å². The lowest BCUT2D eigenvalue weighted by Crippen LogP contribution is -2.51. The zero-order valence-electron chi connectivity index (χ0n) is 12.1. The van der Waals surface area contributed by atoms with Crippen LogP contribution in [-0.4, -0.2) is 30.4 Å². The zero-order valence-corrected chi connectivity index (χ0v) is 12.1. The fourth-order valence-electron chi connectivity index (χ4n) is 5.12. The summed E-state index contributed by atoms with van der Waals surface area (Å²) >= 11 is 0. The Morgan fingerprint density at radius 1 is 1.38 bits per heavy atom. The van der Waals surface area contributed by atoms with Crippen LogP contribution in [0.15, 0.2) is 12.7 Å². The Kier molecular flexibility index (Phi) is 2.74. The van der Waals surface area contributed by atoms with Crippen LogP contribution in [0.3, 0.4) is 0 Å². The minimum atomic E-state index is -0.894. The summed E-state index contributed by atoms with van der Waals surface area (Å²) in [6, 6.07) is 0. The third-order valence-electron chi connectivity index (χ3n) is 5.90. The van der Waals surface area contributed by atoms with Gasteiger partial charge in [-0.3, -0.25) is 4.79 Å². The Morgan fingerprint density at radius 2 is 2.19 bits per heavy atom. The molecule has 2 aliphatic carbocycles. The van der Waals surface area contributed by atoms with E-state index in [0.29, 0.717) is 30.8 Å². The van der Waals surface area contributed by atoms with Gasteiger partial charge in [-0.05, 0) is 30.6 Å². The summed E-state index contributed by atoms with van der Waals surface area (Å²) in [4.78, 5) is 23.4. The van der Waals surface area contributed by atoms with Crippen molar-refractivity contribution in [1.82, 2.24) is 0 Å². The predicted octanol–water partition coefficient (Wildman–Crippen LogP) is 1.67. The average Bonchev–Trinajstić information content (AvgIpc) is 3.10. The summed E-state index contributed by atoms with van der Waals surface area (Å²) < 4.78 is 16.8. The molecule has 114 valence electrons. The monoisotopic (exact) mass is 292 g/mol. The second kappa shape index (κ2) is 4.32. The average molecular weight is 292 g/mol. The summed E-state index contributed by atoms with van der Waals surface area (Å²) in [5.74, 6) is 0.178. The van der Waals surface area contributed by atoms with Gasteiger partial charge in [0.1, 0.15) is 0 Å². The summed E-state index contributed by atoms with van der Waals surface area (Å²) in [5, 5.41) is 0. The van der Waals surface area contributed by atoms with E-state index in [1.807, 2.05) is 0 Å². The van der Waals surface area contributed by atoms with Gasteiger partial charge < -0.3 is 14.2 Å². The van der Waals surface area contributed by atoms with Crippen molar-refractivity contribution in [1.29, 1.82) is 0 Å². The molecule has 0 aromatic carbocycles. The highest BCUT2D eigenvalue weighted by Crippen LogP contribution is 2.62. The molecule has 5 heteroatoms. The second-order valence-electron chi connectivity index (χ2n) is 6.93. The molecular formula is C16H20O5. The van der Waals surface area contributed by atoms with E-state index < -0.39 is 11.8 Å². The van der Waals surface area contributed by atoms with Crippen LogP contribution in [0.4, 0.5) is 0 Å². The van der Waals surface area contributed by atoms with Crippen LogP contribution in [0.1, 0.15) is 26.2 Å². The van der Waals surface area contributed by atoms with Crippen molar-refractivity contribution in [3.05, 3.63) is 12.7 Å². The van der Waals surface area contributed by atoms with Gasteiger partial charge >= 0.3 is 11.9 Å². The Labute approximate surface area is 123 Å². The molecule has 7 unspecified atom stereocenters. The van der Waals surface area contributed by atoms with Gasteiger partial charge in [0.25, 0.3) is 0 Å². The molecule has 0 aromatic heterocycles. The molecule has 0 aromatic rings. The van der Waals surface area contributed by atoms with Gasteiger partial charge in [0.2, 0.25) is 5.79 Å². The third kappa shape index (κ3) is 1.79. The quantitative estimate of drug-likeness (QED) is 0.572. The van der Waals surface area contributed by atoms with Crippen LogP contribution in [0.2, 0.25) is 0 Å². The van der Waals surface area contributed by atoms with Gasteiger partial charge in [0, 0.05) is 25.3 Å². The van der Waals surface area contributed by atoms with Crippen molar-refractivity contribution >= 4 is 11.9 Å². The highest BCUT2D eigenvalue weighted by molar-refractivity contribution is 5.81. The maximum Gasteiger partial charge on any atom is 0.332 e. The number of cyclic esters (lactones) is 1. The lowest BCUT2D eigenvalue weighted by atomic mass is 9.70. The fourth-order valence-corrected chi connectivity index (χ4v) is 5.12. The second-order valence-corrected chi connectivity index (χ2v) is 6.93. The Hall–Kier alpha value is -1.36. The van der Waals surface area contributed by atoms with Gasteiger partial charge in [0.05, 0.1) is 18.6 Å². The molecule has 2 saturated carbocycles. The Balaban J connectivity index is 1.55. The van der Waals surface area contributed by atoms with Gasteiger partial charge in [-0.15, -0.1) is 0 Å². The number of hydrogen-bond acceptors (Lipinski definition) is 5. The number of ether oxygens (including phenoxy) is 3. The lowest BCUT2D eigenvalue weighted by Gasteiger charge is -2.45. The molecule has 0 radical (unpaired) electrons. The highest BCUT2D eigenvalue weighted by Gasteiger charge is 2.65. The Bertz CT molecular complexity index is 515. The van der Waals surface area contributed by atoms with E-state index in [-0.39, 0.29) is 23.9 Å². The topological polar surface area (TPSA) is 61.8 Å². The summed E-state index contributed by atoms with van der Waals surface area (Å²) in [5.41, 5.74) is 0. The summed E-state index contributed by atoms with van der Waals surface area (Å²) in [6.07, 6.45) is 3.89. The van der Waals surface area contributed by atoms with Crippen LogP contribution >= 0.6 is 0 Å². The largest absolute Gasteiger partial charge is 0.465 e. The molecule has 7 atom stereocenters. The number of carbonyl (C=O) groups is 2. The molecule has 4 rings (SSSR count). The predicted molar refractivity (Wildman–Crippen MR) is 71.8 cm³/mol. The van der Waals surface area contributed by atoms with E-state index in [9.17, 15) is 9.59 Å². The molecule has 0 spiro atoms. The molecule has 5 nitrogen and oxygen atoms in total. The van der Waals surface area contributed by atoms with Crippen LogP contribution < -0.4 is 0 Å². The smallest absolute Gasteiger partial charge is 0.332 e. The number of fused-ring (bicyclic) bond motifs is 8. The normalized spacial score (nSPS) is 50.2. The highest BCUT2D eigenvalue weighted by atomic mass is 16.7. The van der Waals surface area contributed by atoms with Crippen LogP contribution in [0.5, 0.6) is 0 Å². The first kappa shape index (κ1) is 13.3. The van der Waals surface area contributed by atoms with Crippen LogP contribution in [-0.2, 0) is 23.8 Å². The molecular weight excluding hydrogens is 272 g/mol. The first-order chi connectivity index (χ1) is 10.0. The molecule has 0 amide bonds. The van der Waals surface area contributed by atoms with E-state index in [2.05, 4.69) is 6.58 Å². The minimum absolute atomic E-state index is 0.00583. The van der Waals surface area contributed by atoms with Crippen LogP contribution in [0, 0.1) is 29.6 Å². The van der Waals surface area contributed by atoms with Crippen molar-refractivity contribution in [2.75, 3.05) is 6.61 Å². The number of carbonyl (C=O) groups excluding carboxylic acids is 2. The number of hydrogen-bond donors (Lipinski definition) is 0. The van der Waals surface area contributed by atoms with Gasteiger partial charge in [-0.1, -0.05) is 6.58 Å². The SMILES string of the molecule is C=CC(=O)OC1(C)CCC2C3CC(C2O1)C1C(=O)OCC31. The van der Waals surface area contributed by atoms with E-state index in [1.54, 1.807) is 6.92 Å². The van der Waals surface area contributed by atoms with Crippen molar-refractivity contribution < 1.29 is 23.8 Å². The standard InChI is InChI=1S/C16H20O5/c1-3-12(17)20-16(2)5-4-8-9-6-10(14(8)21-16)13-11(9)7-19-15(13)18/h3,8-11,13-14H,1,4-7H2,2H3. The number of esters is 2. The molecule has 2 bridgehead atoms. The number of rotatable bonds is 2. The maximum atomic E-state index is 11.9. The van der Waals surface area contributed by atoms with Gasteiger partial charge in [-0.2, -0.15) is 0 Å². The first-order valence-corrected chi connectivity index (χ1v) is 7.72. The van der Waals surface area contributed by atoms with E-state index >= 15 is 0 Å². The first-order valence-electron chi connectivity index (χ1n) is 7.72. The van der Waals surface area contributed by atoms with Crippen molar-refractivity contribution in [3.63, 3.8) is 0 Å². The summed E-state index contributed by atoms with van der Waals surface area (Å²) in [6.45, 7) is 5.81. The van der Waals surface area contributed by atoms with Crippen molar-refractivity contribution in [2.45, 2.75) is 38.1 Å². The minimum Gasteiger partial charge on any atom is -0.465 e. The molecule has 2 aliphatic heterocycles. The lowest BCUT2D eigenvalue weighted by molar-refractivity contribution is -0.278. The van der Waals surface area contributed by atoms with Gasteiger partial charge in [-0.25, -0.2) is 4.79 Å². The molecule has 21 heavy (non-hydrogen) atoms. The third-order valence-corrected chi connectivity index (χ3v) is 5.90. The van der Waals surface area contributed by atoms with E-state index in [4.69, 9.17) is 14.2 Å². The summed E-state index contributed by atoms with van der Waals surface area (Å²) in [7, 11) is 0. The zero-order chi connectivity index (χ0) is 14.8. The maximum absolute atomic E-state index is 11.9. The van der Waals surface area contributed by atoms with Crippen molar-refractivity contribution in [2.24, 2.45) is 29.6 Å². The molecule has 4 fully saturated rings. The molecule has 0 N–H and O–H groups in total. The van der Waals surface area contributed by atoms with Crippen LogP contribution in [0.25, 0.3) is 0 Å². The molecule has 2 heterocycles. The van der Waals surface area contributed by atoms with E-state index in [1.165, 1.54) is 0 Å².